The normalized spacial score (nSPS) is 14.9. The second-order valence-corrected chi connectivity index (χ2v) is 3.49. The van der Waals surface area contributed by atoms with E-state index in [9.17, 15) is 4.79 Å². The van der Waals surface area contributed by atoms with Gasteiger partial charge in [-0.25, -0.2) is 0 Å². The quantitative estimate of drug-likeness (QED) is 0.628. The Bertz CT molecular complexity index is 362. The Balaban J connectivity index is 2.46. The molecule has 0 saturated heterocycles. The monoisotopic (exact) mass is 195 g/mol. The van der Waals surface area contributed by atoms with Gasteiger partial charge in [0.15, 0.2) is 0 Å². The second-order valence-electron chi connectivity index (χ2n) is 3.23. The fourth-order valence-corrected chi connectivity index (χ4v) is 1.77. The van der Waals surface area contributed by atoms with Crippen molar-refractivity contribution >= 4 is 23.2 Å². The number of alkyl halides is 1. The highest BCUT2D eigenvalue weighted by molar-refractivity contribution is 6.17. The molecule has 0 saturated carbocycles. The number of hydrogen-bond acceptors (Lipinski definition) is 1. The molecule has 1 aromatic carbocycles. The molecule has 0 bridgehead atoms. The maximum atomic E-state index is 11.3. The standard InChI is InChI=1S/C10H10ClNO/c1-12-9-3-2-7(6-11)4-8(9)5-10(12)13/h2-4H,5-6H2,1H3. The molecule has 1 aliphatic rings. The van der Waals surface area contributed by atoms with Crippen LogP contribution in [0, 0.1) is 0 Å². The van der Waals surface area contributed by atoms with E-state index in [1.807, 2.05) is 18.2 Å². The van der Waals surface area contributed by atoms with Crippen LogP contribution < -0.4 is 4.90 Å². The van der Waals surface area contributed by atoms with Crippen molar-refractivity contribution in [3.8, 4) is 0 Å². The Kier molecular flexibility index (Phi) is 2.00. The van der Waals surface area contributed by atoms with Crippen molar-refractivity contribution in [3.05, 3.63) is 29.3 Å². The van der Waals surface area contributed by atoms with Crippen molar-refractivity contribution in [2.24, 2.45) is 0 Å². The van der Waals surface area contributed by atoms with Gasteiger partial charge in [-0.05, 0) is 17.2 Å². The maximum absolute atomic E-state index is 11.3. The zero-order valence-electron chi connectivity index (χ0n) is 7.38. The third-order valence-corrected chi connectivity index (χ3v) is 2.68. The predicted octanol–water partition coefficient (Wildman–Crippen LogP) is 1.94. The van der Waals surface area contributed by atoms with E-state index in [4.69, 9.17) is 11.6 Å². The Hall–Kier alpha value is -1.02. The molecule has 1 amide bonds. The molecule has 2 rings (SSSR count). The number of fused-ring (bicyclic) bond motifs is 1. The van der Waals surface area contributed by atoms with E-state index in [-0.39, 0.29) is 5.91 Å². The summed E-state index contributed by atoms with van der Waals surface area (Å²) in [6.45, 7) is 0. The number of likely N-dealkylation sites (N-methyl/N-ethyl adjacent to an activating group) is 1. The van der Waals surface area contributed by atoms with E-state index < -0.39 is 0 Å². The van der Waals surface area contributed by atoms with Crippen LogP contribution >= 0.6 is 11.6 Å². The molecule has 1 aliphatic heterocycles. The molecule has 2 nitrogen and oxygen atoms in total. The lowest BCUT2D eigenvalue weighted by molar-refractivity contribution is -0.117. The third-order valence-electron chi connectivity index (χ3n) is 2.38. The number of benzene rings is 1. The van der Waals surface area contributed by atoms with Crippen LogP contribution in [0.25, 0.3) is 0 Å². The number of carbonyl (C=O) groups excluding carboxylic acids is 1. The Morgan fingerprint density at radius 2 is 2.31 bits per heavy atom. The van der Waals surface area contributed by atoms with Crippen molar-refractivity contribution in [1.82, 2.24) is 0 Å². The first-order valence-corrected chi connectivity index (χ1v) is 4.70. The number of amides is 1. The minimum Gasteiger partial charge on any atom is -0.315 e. The summed E-state index contributed by atoms with van der Waals surface area (Å²) in [6, 6.07) is 5.92. The molecule has 0 fully saturated rings. The summed E-state index contributed by atoms with van der Waals surface area (Å²) in [5.41, 5.74) is 3.17. The van der Waals surface area contributed by atoms with Gasteiger partial charge >= 0.3 is 0 Å². The lowest BCUT2D eigenvalue weighted by atomic mass is 10.1. The molecule has 0 unspecified atom stereocenters. The fourth-order valence-electron chi connectivity index (χ4n) is 1.61. The van der Waals surface area contributed by atoms with Gasteiger partial charge in [-0.2, -0.15) is 0 Å². The SMILES string of the molecule is CN1C(=O)Cc2cc(CCl)ccc21. The lowest BCUT2D eigenvalue weighted by Gasteiger charge is -2.09. The maximum Gasteiger partial charge on any atom is 0.231 e. The van der Waals surface area contributed by atoms with Crippen molar-refractivity contribution in [2.45, 2.75) is 12.3 Å². The summed E-state index contributed by atoms with van der Waals surface area (Å²) >= 11 is 5.70. The number of anilines is 1. The lowest BCUT2D eigenvalue weighted by Crippen LogP contribution is -2.20. The largest absolute Gasteiger partial charge is 0.315 e. The Morgan fingerprint density at radius 1 is 1.54 bits per heavy atom. The van der Waals surface area contributed by atoms with Crippen LogP contribution in [0.4, 0.5) is 5.69 Å². The summed E-state index contributed by atoms with van der Waals surface area (Å²) in [5.74, 6) is 0.660. The number of halogens is 1. The van der Waals surface area contributed by atoms with E-state index in [0.717, 1.165) is 16.8 Å². The van der Waals surface area contributed by atoms with Crippen LogP contribution in [0.3, 0.4) is 0 Å². The van der Waals surface area contributed by atoms with Crippen molar-refractivity contribution < 1.29 is 4.79 Å². The zero-order chi connectivity index (χ0) is 9.42. The molecule has 13 heavy (non-hydrogen) atoms. The summed E-state index contributed by atoms with van der Waals surface area (Å²) in [6.07, 6.45) is 0.510. The molecule has 0 radical (unpaired) electrons. The number of rotatable bonds is 1. The van der Waals surface area contributed by atoms with Crippen molar-refractivity contribution in [1.29, 1.82) is 0 Å². The minimum atomic E-state index is 0.154. The van der Waals surface area contributed by atoms with Gasteiger partial charge < -0.3 is 4.90 Å². The van der Waals surface area contributed by atoms with Crippen molar-refractivity contribution in [2.75, 3.05) is 11.9 Å². The smallest absolute Gasteiger partial charge is 0.231 e. The first-order valence-electron chi connectivity index (χ1n) is 4.16. The van der Waals surface area contributed by atoms with Gasteiger partial charge in [-0.3, -0.25) is 4.79 Å². The second kappa shape index (κ2) is 3.04. The topological polar surface area (TPSA) is 20.3 Å². The van der Waals surface area contributed by atoms with E-state index >= 15 is 0 Å². The van der Waals surface area contributed by atoms with Gasteiger partial charge in [0.25, 0.3) is 0 Å². The van der Waals surface area contributed by atoms with Crippen LogP contribution in [-0.2, 0) is 17.1 Å². The van der Waals surface area contributed by atoms with Gasteiger partial charge in [-0.1, -0.05) is 12.1 Å². The fraction of sp³-hybridized carbons (Fsp3) is 0.300. The van der Waals surface area contributed by atoms with Crippen molar-refractivity contribution in [3.63, 3.8) is 0 Å². The molecule has 68 valence electrons. The zero-order valence-corrected chi connectivity index (χ0v) is 8.14. The van der Waals surface area contributed by atoms with Crippen LogP contribution in [0.15, 0.2) is 18.2 Å². The van der Waals surface area contributed by atoms with E-state index in [0.29, 0.717) is 12.3 Å². The molecule has 0 aliphatic carbocycles. The summed E-state index contributed by atoms with van der Waals surface area (Å²) in [4.78, 5) is 13.0. The van der Waals surface area contributed by atoms with Gasteiger partial charge in [0.1, 0.15) is 0 Å². The molecular weight excluding hydrogens is 186 g/mol. The molecule has 1 heterocycles. The first kappa shape index (κ1) is 8.57. The van der Waals surface area contributed by atoms with Gasteiger partial charge in [0, 0.05) is 18.6 Å². The minimum absolute atomic E-state index is 0.154. The van der Waals surface area contributed by atoms with Gasteiger partial charge in [0.2, 0.25) is 5.91 Å². The van der Waals surface area contributed by atoms with Crippen LogP contribution in [-0.4, -0.2) is 13.0 Å². The molecule has 0 N–H and O–H groups in total. The summed E-state index contributed by atoms with van der Waals surface area (Å²) in [5, 5.41) is 0. The highest BCUT2D eigenvalue weighted by atomic mass is 35.5. The highest BCUT2D eigenvalue weighted by Gasteiger charge is 2.23. The van der Waals surface area contributed by atoms with Crippen LogP contribution in [0.1, 0.15) is 11.1 Å². The van der Waals surface area contributed by atoms with Gasteiger partial charge in [-0.15, -0.1) is 11.6 Å². The molecule has 0 atom stereocenters. The molecule has 1 aromatic rings. The first-order chi connectivity index (χ1) is 6.22. The average Bonchev–Trinajstić information content (AvgIpc) is 2.42. The van der Waals surface area contributed by atoms with E-state index in [1.54, 1.807) is 11.9 Å². The van der Waals surface area contributed by atoms with E-state index in [2.05, 4.69) is 0 Å². The highest BCUT2D eigenvalue weighted by Crippen LogP contribution is 2.28. The molecule has 0 aromatic heterocycles. The van der Waals surface area contributed by atoms with Gasteiger partial charge in [0.05, 0.1) is 6.42 Å². The molecular formula is C10H10ClNO. The Labute approximate surface area is 82.1 Å². The van der Waals surface area contributed by atoms with Crippen LogP contribution in [0.2, 0.25) is 0 Å². The summed E-state index contributed by atoms with van der Waals surface area (Å²) < 4.78 is 0. The van der Waals surface area contributed by atoms with Crippen LogP contribution in [0.5, 0.6) is 0 Å². The number of hydrogen-bond donors (Lipinski definition) is 0. The average molecular weight is 196 g/mol. The molecule has 0 spiro atoms. The predicted molar refractivity (Wildman–Crippen MR) is 53.1 cm³/mol. The third kappa shape index (κ3) is 1.31. The van der Waals surface area contributed by atoms with E-state index in [1.165, 1.54) is 0 Å². The summed E-state index contributed by atoms with van der Waals surface area (Å²) in [7, 11) is 1.80. The molecule has 3 heteroatoms. The number of nitrogens with zero attached hydrogens (tertiary/aromatic N) is 1. The Morgan fingerprint density at radius 3 is 3.00 bits per heavy atom. The number of carbonyl (C=O) groups is 1.